The molecule has 8 nitrogen and oxygen atoms in total. The molecule has 0 aliphatic heterocycles. The van der Waals surface area contributed by atoms with Gasteiger partial charge in [0.05, 0.1) is 12.9 Å². The molecule has 1 aromatic rings. The highest BCUT2D eigenvalue weighted by Gasteiger charge is 2.18. The number of likely N-dealkylation sites (N-methyl/N-ethyl adjacent to an activating group) is 1. The quantitative estimate of drug-likeness (QED) is 0.577. The van der Waals surface area contributed by atoms with Crippen molar-refractivity contribution in [3.8, 4) is 0 Å². The number of imidazole rings is 1. The zero-order valence-corrected chi connectivity index (χ0v) is 13.9. The lowest BCUT2D eigenvalue weighted by Crippen LogP contribution is -2.43. The summed E-state index contributed by atoms with van der Waals surface area (Å²) in [4.78, 5) is 15.3. The predicted octanol–water partition coefficient (Wildman–Crippen LogP) is -0.766. The van der Waals surface area contributed by atoms with Crippen molar-refractivity contribution in [3.63, 3.8) is 0 Å². The monoisotopic (exact) mass is 339 g/mol. The smallest absolute Gasteiger partial charge is 0.260 e. The van der Waals surface area contributed by atoms with E-state index in [0.29, 0.717) is 6.54 Å². The Hall–Kier alpha value is -1.16. The Balaban J connectivity index is 0.00000400. The number of hydrogen-bond acceptors (Lipinski definition) is 5. The number of amides is 1. The minimum Gasteiger partial charge on any atom is -0.353 e. The van der Waals surface area contributed by atoms with Gasteiger partial charge < -0.3 is 15.2 Å². The van der Waals surface area contributed by atoms with E-state index in [0.717, 1.165) is 6.54 Å². The summed E-state index contributed by atoms with van der Waals surface area (Å²) in [6, 6.07) is 0.136. The molecule has 0 radical (unpaired) electrons. The molecular formula is C11H22ClN5O3S. The molecule has 122 valence electrons. The molecule has 0 saturated heterocycles. The second kappa shape index (κ2) is 8.98. The highest BCUT2D eigenvalue weighted by atomic mass is 35.5. The first-order valence-electron chi connectivity index (χ1n) is 6.33. The number of nitrogens with one attached hydrogen (secondary N) is 3. The third-order valence-corrected chi connectivity index (χ3v) is 3.82. The number of hydrogen-bond donors (Lipinski definition) is 3. The Labute approximate surface area is 131 Å². The van der Waals surface area contributed by atoms with Gasteiger partial charge in [0.1, 0.15) is 0 Å². The van der Waals surface area contributed by atoms with Crippen LogP contribution in [0.3, 0.4) is 0 Å². The predicted molar refractivity (Wildman–Crippen MR) is 81.8 cm³/mol. The summed E-state index contributed by atoms with van der Waals surface area (Å²) in [7, 11) is -2.07. The van der Waals surface area contributed by atoms with Gasteiger partial charge in [-0.3, -0.25) is 4.79 Å². The summed E-state index contributed by atoms with van der Waals surface area (Å²) in [5.41, 5.74) is 0. The topological polar surface area (TPSA) is 105 Å². The molecule has 0 unspecified atom stereocenters. The van der Waals surface area contributed by atoms with Crippen LogP contribution in [-0.4, -0.2) is 49.6 Å². The van der Waals surface area contributed by atoms with Crippen LogP contribution in [0.2, 0.25) is 0 Å². The van der Waals surface area contributed by atoms with Gasteiger partial charge in [0.2, 0.25) is 5.91 Å². The van der Waals surface area contributed by atoms with Crippen molar-refractivity contribution in [2.24, 2.45) is 7.05 Å². The van der Waals surface area contributed by atoms with E-state index < -0.39 is 10.0 Å². The third kappa shape index (κ3) is 6.89. The van der Waals surface area contributed by atoms with E-state index in [1.807, 2.05) is 13.8 Å². The molecule has 0 saturated carbocycles. The Morgan fingerprint density at radius 3 is 2.67 bits per heavy atom. The molecule has 21 heavy (non-hydrogen) atoms. The average Bonchev–Trinajstić information content (AvgIpc) is 2.82. The molecule has 0 bridgehead atoms. The van der Waals surface area contributed by atoms with Crippen LogP contribution in [0.1, 0.15) is 13.8 Å². The van der Waals surface area contributed by atoms with E-state index in [2.05, 4.69) is 20.3 Å². The lowest BCUT2D eigenvalue weighted by atomic mass is 10.3. The average molecular weight is 340 g/mol. The van der Waals surface area contributed by atoms with Gasteiger partial charge in [-0.1, -0.05) is 6.92 Å². The second-order valence-electron chi connectivity index (χ2n) is 4.46. The third-order valence-electron chi connectivity index (χ3n) is 2.54. The van der Waals surface area contributed by atoms with Crippen LogP contribution in [0.5, 0.6) is 0 Å². The van der Waals surface area contributed by atoms with Gasteiger partial charge in [-0.25, -0.2) is 18.1 Å². The van der Waals surface area contributed by atoms with Crippen LogP contribution in [-0.2, 0) is 21.9 Å². The zero-order valence-electron chi connectivity index (χ0n) is 12.3. The molecule has 1 rings (SSSR count). The first kappa shape index (κ1) is 19.8. The number of nitrogens with zero attached hydrogens (tertiary/aromatic N) is 2. The summed E-state index contributed by atoms with van der Waals surface area (Å²) in [6.45, 7) is 4.85. The fraction of sp³-hybridized carbons (Fsp3) is 0.636. The van der Waals surface area contributed by atoms with Gasteiger partial charge in [-0.2, -0.15) is 0 Å². The standard InChI is InChI=1S/C11H21N5O3S.ClH/c1-4-12-9(2)5-13-10(17)6-15-20(18,19)11-7-16(3)8-14-11;/h7-9,12,15H,4-6H2,1-3H3,(H,13,17);1H/t9-;/m1./s1. The van der Waals surface area contributed by atoms with Crippen molar-refractivity contribution in [3.05, 3.63) is 12.5 Å². The van der Waals surface area contributed by atoms with Crippen molar-refractivity contribution >= 4 is 28.3 Å². The summed E-state index contributed by atoms with van der Waals surface area (Å²) >= 11 is 0. The highest BCUT2D eigenvalue weighted by Crippen LogP contribution is 2.02. The Bertz CT molecular complexity index is 546. The Morgan fingerprint density at radius 1 is 1.48 bits per heavy atom. The van der Waals surface area contributed by atoms with Gasteiger partial charge in [0, 0.05) is 25.8 Å². The minimum absolute atomic E-state index is 0. The van der Waals surface area contributed by atoms with Crippen molar-refractivity contribution in [1.82, 2.24) is 24.9 Å². The van der Waals surface area contributed by atoms with Crippen LogP contribution in [0.4, 0.5) is 0 Å². The molecule has 10 heteroatoms. The van der Waals surface area contributed by atoms with E-state index in [1.54, 1.807) is 7.05 Å². The van der Waals surface area contributed by atoms with E-state index in [-0.39, 0.29) is 35.9 Å². The summed E-state index contributed by atoms with van der Waals surface area (Å²) in [6.07, 6.45) is 2.75. The van der Waals surface area contributed by atoms with Crippen molar-refractivity contribution < 1.29 is 13.2 Å². The van der Waals surface area contributed by atoms with Gasteiger partial charge in [0.15, 0.2) is 5.03 Å². The molecule has 0 fully saturated rings. The summed E-state index contributed by atoms with van der Waals surface area (Å²) in [5, 5.41) is 5.68. The van der Waals surface area contributed by atoms with E-state index in [9.17, 15) is 13.2 Å². The first-order chi connectivity index (χ1) is 9.35. The van der Waals surface area contributed by atoms with Crippen LogP contribution in [0.15, 0.2) is 17.6 Å². The zero-order chi connectivity index (χ0) is 15.2. The van der Waals surface area contributed by atoms with Crippen molar-refractivity contribution in [2.45, 2.75) is 24.9 Å². The normalized spacial score (nSPS) is 12.5. The lowest BCUT2D eigenvalue weighted by Gasteiger charge is -2.13. The molecule has 0 aromatic carbocycles. The van der Waals surface area contributed by atoms with Crippen molar-refractivity contribution in [1.29, 1.82) is 0 Å². The molecule has 0 aliphatic carbocycles. The van der Waals surface area contributed by atoms with Gasteiger partial charge in [0.25, 0.3) is 10.0 Å². The van der Waals surface area contributed by atoms with E-state index in [1.165, 1.54) is 17.1 Å². The van der Waals surface area contributed by atoms with Crippen LogP contribution in [0.25, 0.3) is 0 Å². The molecule has 1 aromatic heterocycles. The first-order valence-corrected chi connectivity index (χ1v) is 7.81. The SMILES string of the molecule is CCN[C@H](C)CNC(=O)CNS(=O)(=O)c1cn(C)cn1.Cl. The van der Waals surface area contributed by atoms with Crippen LogP contribution < -0.4 is 15.4 Å². The molecule has 3 N–H and O–H groups in total. The lowest BCUT2D eigenvalue weighted by molar-refractivity contribution is -0.120. The van der Waals surface area contributed by atoms with Gasteiger partial charge in [-0.15, -0.1) is 12.4 Å². The van der Waals surface area contributed by atoms with Gasteiger partial charge in [-0.05, 0) is 13.5 Å². The Kier molecular flexibility index (Phi) is 8.48. The molecule has 1 heterocycles. The maximum Gasteiger partial charge on any atom is 0.260 e. The maximum absolute atomic E-state index is 11.8. The minimum atomic E-state index is -3.74. The van der Waals surface area contributed by atoms with Crippen LogP contribution in [0, 0.1) is 0 Å². The largest absolute Gasteiger partial charge is 0.353 e. The molecule has 0 aliphatic rings. The number of carbonyl (C=O) groups is 1. The molecule has 1 amide bonds. The fourth-order valence-electron chi connectivity index (χ4n) is 1.51. The molecular weight excluding hydrogens is 318 g/mol. The number of sulfonamides is 1. The number of aromatic nitrogens is 2. The van der Waals surface area contributed by atoms with Gasteiger partial charge >= 0.3 is 0 Å². The number of rotatable bonds is 8. The summed E-state index contributed by atoms with van der Waals surface area (Å²) < 4.78 is 27.4. The maximum atomic E-state index is 11.8. The fourth-order valence-corrected chi connectivity index (χ4v) is 2.47. The van der Waals surface area contributed by atoms with E-state index in [4.69, 9.17) is 0 Å². The molecule has 0 spiro atoms. The molecule has 1 atom stereocenters. The summed E-state index contributed by atoms with van der Waals surface area (Å²) in [5.74, 6) is -0.380. The number of halogens is 1. The number of aryl methyl sites for hydroxylation is 1. The Morgan fingerprint density at radius 2 is 2.14 bits per heavy atom. The highest BCUT2D eigenvalue weighted by molar-refractivity contribution is 7.89. The second-order valence-corrected chi connectivity index (χ2v) is 6.18. The van der Waals surface area contributed by atoms with Crippen LogP contribution >= 0.6 is 12.4 Å². The van der Waals surface area contributed by atoms with Crippen molar-refractivity contribution in [2.75, 3.05) is 19.6 Å². The number of carbonyl (C=O) groups excluding carboxylic acids is 1. The van der Waals surface area contributed by atoms with E-state index >= 15 is 0 Å².